The lowest BCUT2D eigenvalue weighted by Gasteiger charge is -2.20. The number of pyridine rings is 2. The van der Waals surface area contributed by atoms with Crippen molar-refractivity contribution < 1.29 is 33.3 Å². The molecule has 304 valence electrons. The van der Waals surface area contributed by atoms with Gasteiger partial charge in [-0.15, -0.1) is 0 Å². The second-order valence-corrected chi connectivity index (χ2v) is 16.0. The van der Waals surface area contributed by atoms with Crippen molar-refractivity contribution in [1.29, 1.82) is 0 Å². The number of esters is 2. The fraction of sp³-hybridized carbons (Fsp3) is 0.234. The molecule has 0 unspecified atom stereocenters. The number of H-pyrrole nitrogens is 1. The highest BCUT2D eigenvalue weighted by Crippen LogP contribution is 2.37. The standard InChI is InChI=1S/C24H22N2O4.C23H21N3O4/c1-24(2,3)30-22(28)12-15-8-9-20(18-7-5-4-6-17(15)18)29-21-10-11-25-23-19(21)13-16(27)14-26-23;1-23(2,3)30-20(28)12-14-8-9-17(16-7-5-4-6-15(14)16)29-18-10-11-24-22-21(18)25-13-19(27)26-22/h4-11,14H,12-13H2,1-3H3;4-11,13H,12H2,1-3H3,(H,24,26,27). The van der Waals surface area contributed by atoms with Crippen LogP contribution in [-0.2, 0) is 43.1 Å². The number of hydrogen-bond acceptors (Lipinski definition) is 12. The quantitative estimate of drug-likeness (QED) is 0.145. The maximum absolute atomic E-state index is 12.3. The Morgan fingerprint density at radius 2 is 1.13 bits per heavy atom. The highest BCUT2D eigenvalue weighted by atomic mass is 16.6. The number of carbonyl (C=O) groups excluding carboxylic acids is 3. The van der Waals surface area contributed by atoms with E-state index in [0.29, 0.717) is 45.5 Å². The van der Waals surface area contributed by atoms with Gasteiger partial charge >= 0.3 is 11.9 Å². The topological polar surface area (TPSA) is 172 Å². The first-order valence-electron chi connectivity index (χ1n) is 19.3. The molecule has 1 aliphatic heterocycles. The van der Waals surface area contributed by atoms with Crippen molar-refractivity contribution in [3.05, 3.63) is 131 Å². The third kappa shape index (κ3) is 9.87. The Balaban J connectivity index is 0.000000181. The molecule has 0 radical (unpaired) electrons. The van der Waals surface area contributed by atoms with Crippen molar-refractivity contribution in [3.63, 3.8) is 0 Å². The molecule has 0 amide bonds. The Hall–Kier alpha value is -7.28. The molecule has 0 atom stereocenters. The number of aromatic nitrogens is 4. The van der Waals surface area contributed by atoms with Gasteiger partial charge < -0.3 is 23.9 Å². The van der Waals surface area contributed by atoms with Gasteiger partial charge in [0.25, 0.3) is 5.56 Å². The monoisotopic (exact) mass is 805 g/mol. The first-order valence-corrected chi connectivity index (χ1v) is 19.3. The molecule has 13 nitrogen and oxygen atoms in total. The minimum atomic E-state index is -0.535. The van der Waals surface area contributed by atoms with Crippen LogP contribution in [0, 0.1) is 0 Å². The number of benzene rings is 4. The number of aromatic amines is 1. The maximum Gasteiger partial charge on any atom is 0.310 e. The fourth-order valence-electron chi connectivity index (χ4n) is 6.65. The van der Waals surface area contributed by atoms with Crippen molar-refractivity contribution in [2.75, 3.05) is 0 Å². The second kappa shape index (κ2) is 16.9. The third-order valence-electron chi connectivity index (χ3n) is 9.01. The smallest absolute Gasteiger partial charge is 0.310 e. The molecule has 4 heterocycles. The van der Waals surface area contributed by atoms with Gasteiger partial charge in [0.05, 0.1) is 25.3 Å². The van der Waals surface area contributed by atoms with Gasteiger partial charge in [-0.05, 0) is 81.6 Å². The van der Waals surface area contributed by atoms with Crippen molar-refractivity contribution in [3.8, 4) is 23.0 Å². The zero-order valence-corrected chi connectivity index (χ0v) is 34.1. The Kier molecular flexibility index (Phi) is 11.5. The molecule has 7 aromatic rings. The molecule has 0 bridgehead atoms. The van der Waals surface area contributed by atoms with E-state index in [-0.39, 0.29) is 42.5 Å². The first kappa shape index (κ1) is 40.9. The predicted octanol–water partition coefficient (Wildman–Crippen LogP) is 8.89. The predicted molar refractivity (Wildman–Crippen MR) is 228 cm³/mol. The van der Waals surface area contributed by atoms with Gasteiger partial charge in [-0.1, -0.05) is 60.7 Å². The van der Waals surface area contributed by atoms with Crippen LogP contribution in [0.3, 0.4) is 0 Å². The summed E-state index contributed by atoms with van der Waals surface area (Å²) in [7, 11) is 0. The molecule has 1 aliphatic rings. The molecular weight excluding hydrogens is 763 g/mol. The summed E-state index contributed by atoms with van der Waals surface area (Å²) in [5.74, 6) is 2.12. The summed E-state index contributed by atoms with van der Waals surface area (Å²) < 4.78 is 23.3. The van der Waals surface area contributed by atoms with E-state index in [0.717, 1.165) is 32.7 Å². The number of nitrogens with zero attached hydrogens (tertiary/aromatic N) is 4. The number of ether oxygens (including phenoxy) is 4. The molecule has 0 aliphatic carbocycles. The van der Waals surface area contributed by atoms with Gasteiger partial charge in [0.2, 0.25) is 0 Å². The van der Waals surface area contributed by atoms with E-state index in [1.165, 1.54) is 12.4 Å². The molecule has 0 fully saturated rings. The van der Waals surface area contributed by atoms with Crippen LogP contribution in [0.2, 0.25) is 0 Å². The highest BCUT2D eigenvalue weighted by molar-refractivity contribution is 6.29. The van der Waals surface area contributed by atoms with Crippen LogP contribution in [0.4, 0.5) is 5.82 Å². The molecular formula is C47H43N5O8. The minimum Gasteiger partial charge on any atom is -0.460 e. The van der Waals surface area contributed by atoms with E-state index in [4.69, 9.17) is 18.9 Å². The maximum atomic E-state index is 12.3. The number of hydrogen-bond donors (Lipinski definition) is 1. The molecule has 0 saturated heterocycles. The van der Waals surface area contributed by atoms with E-state index in [9.17, 15) is 19.2 Å². The lowest BCUT2D eigenvalue weighted by atomic mass is 10.0. The largest absolute Gasteiger partial charge is 0.460 e. The number of nitrogens with one attached hydrogen (secondary N) is 1. The first-order chi connectivity index (χ1) is 28.6. The van der Waals surface area contributed by atoms with Gasteiger partial charge in [-0.3, -0.25) is 19.2 Å². The van der Waals surface area contributed by atoms with Crippen molar-refractivity contribution >= 4 is 62.5 Å². The van der Waals surface area contributed by atoms with Crippen molar-refractivity contribution in [2.24, 2.45) is 4.99 Å². The summed E-state index contributed by atoms with van der Waals surface area (Å²) in [6.07, 6.45) is 6.19. The molecule has 13 heteroatoms. The van der Waals surface area contributed by atoms with E-state index >= 15 is 0 Å². The van der Waals surface area contributed by atoms with Gasteiger partial charge in [-0.25, -0.2) is 19.9 Å². The number of rotatable bonds is 8. The summed E-state index contributed by atoms with van der Waals surface area (Å²) in [5, 5.41) is 3.54. The summed E-state index contributed by atoms with van der Waals surface area (Å²) in [6, 6.07) is 26.3. The Morgan fingerprint density at radius 3 is 1.70 bits per heavy atom. The lowest BCUT2D eigenvalue weighted by molar-refractivity contribution is -0.155. The number of aliphatic imine (C=N–C) groups is 1. The average Bonchev–Trinajstić information content (AvgIpc) is 3.19. The summed E-state index contributed by atoms with van der Waals surface area (Å²) in [4.78, 5) is 67.2. The molecule has 8 rings (SSSR count). The van der Waals surface area contributed by atoms with Crippen LogP contribution in [-0.4, -0.2) is 55.1 Å². The van der Waals surface area contributed by atoms with Crippen LogP contribution in [0.1, 0.15) is 58.2 Å². The van der Waals surface area contributed by atoms with E-state index in [1.807, 2.05) is 114 Å². The van der Waals surface area contributed by atoms with Crippen molar-refractivity contribution in [2.45, 2.75) is 72.0 Å². The van der Waals surface area contributed by atoms with Gasteiger partial charge in [0.1, 0.15) is 34.0 Å². The molecule has 3 aromatic heterocycles. The number of fused-ring (bicyclic) bond motifs is 4. The van der Waals surface area contributed by atoms with Gasteiger partial charge in [0.15, 0.2) is 23.0 Å². The Labute approximate surface area is 345 Å². The van der Waals surface area contributed by atoms with Crippen LogP contribution in [0.5, 0.6) is 23.0 Å². The number of carbonyl (C=O) groups is 3. The lowest BCUT2D eigenvalue weighted by Crippen LogP contribution is -2.25. The van der Waals surface area contributed by atoms with Gasteiger partial charge in [-0.2, -0.15) is 0 Å². The minimum absolute atomic E-state index is 0.0853. The summed E-state index contributed by atoms with van der Waals surface area (Å²) >= 11 is 0. The van der Waals surface area contributed by atoms with Crippen LogP contribution in [0.15, 0.2) is 113 Å². The summed E-state index contributed by atoms with van der Waals surface area (Å²) in [6.45, 7) is 11.1. The Morgan fingerprint density at radius 1 is 0.617 bits per heavy atom. The molecule has 0 saturated carbocycles. The zero-order valence-electron chi connectivity index (χ0n) is 34.1. The van der Waals surface area contributed by atoms with Crippen LogP contribution in [0.25, 0.3) is 32.7 Å². The van der Waals surface area contributed by atoms with Crippen molar-refractivity contribution in [1.82, 2.24) is 19.9 Å². The fourth-order valence-corrected chi connectivity index (χ4v) is 6.65. The zero-order chi connectivity index (χ0) is 42.6. The number of ketones is 1. The van der Waals surface area contributed by atoms with Gasteiger partial charge in [0, 0.05) is 41.2 Å². The highest BCUT2D eigenvalue weighted by Gasteiger charge is 2.22. The normalized spacial score (nSPS) is 12.4. The van der Waals surface area contributed by atoms with E-state index < -0.39 is 11.2 Å². The molecule has 60 heavy (non-hydrogen) atoms. The second-order valence-electron chi connectivity index (χ2n) is 16.0. The Bertz CT molecular complexity index is 2870. The number of Topliss-reactive ketones (excluding diaryl/α,β-unsaturated/α-hetero) is 1. The SMILES string of the molecule is CC(C)(C)OC(=O)Cc1ccc(Oc2ccnc3[nH]c(=O)cnc23)c2ccccc12.CC(C)(C)OC(=O)Cc1ccc(Oc2ccnc3c2CC(=O)C=N3)c2ccccc12. The molecule has 0 spiro atoms. The molecule has 1 N–H and O–H groups in total. The third-order valence-corrected chi connectivity index (χ3v) is 9.01. The van der Waals surface area contributed by atoms with Crippen LogP contribution < -0.4 is 15.0 Å². The summed E-state index contributed by atoms with van der Waals surface area (Å²) in [5.41, 5.74) is 1.81. The average molecular weight is 806 g/mol. The molecule has 4 aromatic carbocycles. The van der Waals surface area contributed by atoms with E-state index in [1.54, 1.807) is 24.5 Å². The van der Waals surface area contributed by atoms with Crippen LogP contribution >= 0.6 is 0 Å². The van der Waals surface area contributed by atoms with E-state index in [2.05, 4.69) is 24.9 Å².